The zero-order chi connectivity index (χ0) is 13.0. The van der Waals surface area contributed by atoms with Crippen LogP contribution < -0.4 is 5.32 Å². The number of nitrogens with one attached hydrogen (secondary N) is 1. The summed E-state index contributed by atoms with van der Waals surface area (Å²) in [5.74, 6) is 0. The van der Waals surface area contributed by atoms with E-state index in [1.165, 1.54) is 12.8 Å². The van der Waals surface area contributed by atoms with Gasteiger partial charge in [0.1, 0.15) is 0 Å². The molecule has 2 rings (SSSR count). The minimum atomic E-state index is -0.184. The zero-order valence-electron chi connectivity index (χ0n) is 11.4. The van der Waals surface area contributed by atoms with Crippen LogP contribution in [-0.4, -0.2) is 47.5 Å². The van der Waals surface area contributed by atoms with Gasteiger partial charge in [0.25, 0.3) is 0 Å². The van der Waals surface area contributed by atoms with Crippen molar-refractivity contribution in [3.63, 3.8) is 0 Å². The summed E-state index contributed by atoms with van der Waals surface area (Å²) in [6, 6.07) is -0.0141. The second kappa shape index (κ2) is 5.57. The highest BCUT2D eigenvalue weighted by atomic mass is 16.2. The summed E-state index contributed by atoms with van der Waals surface area (Å²) >= 11 is 0. The first-order chi connectivity index (χ1) is 8.57. The molecular formula is C14H23N3O. The Bertz CT molecular complexity index is 354. The molecule has 0 aliphatic carbocycles. The molecule has 0 radical (unpaired) electrons. The number of rotatable bonds is 3. The Balaban J connectivity index is 1.84. The monoisotopic (exact) mass is 249 g/mol. The summed E-state index contributed by atoms with van der Waals surface area (Å²) in [5, 5.41) is 3.11. The van der Waals surface area contributed by atoms with Gasteiger partial charge in [-0.05, 0) is 45.9 Å². The lowest BCUT2D eigenvalue weighted by molar-refractivity contribution is 0.191. The maximum atomic E-state index is 12.1. The van der Waals surface area contributed by atoms with E-state index in [1.807, 2.05) is 24.4 Å². The molecule has 4 nitrogen and oxygen atoms in total. The van der Waals surface area contributed by atoms with Crippen LogP contribution in [0.1, 0.15) is 26.7 Å². The number of hydrogen-bond donors (Lipinski definition) is 1. The molecule has 0 unspecified atom stereocenters. The fourth-order valence-electron chi connectivity index (χ4n) is 2.52. The van der Waals surface area contributed by atoms with E-state index in [4.69, 9.17) is 0 Å². The van der Waals surface area contributed by atoms with Crippen LogP contribution in [0.2, 0.25) is 0 Å². The van der Waals surface area contributed by atoms with Crippen LogP contribution in [0.4, 0.5) is 4.79 Å². The zero-order valence-corrected chi connectivity index (χ0v) is 11.4. The van der Waals surface area contributed by atoms with Crippen LogP contribution in [-0.2, 0) is 0 Å². The standard InChI is InChI=1S/C14H23N3O/c1-14(2,12-16-8-6-7-9-16)15-13(18)17-10-4-3-5-11-17/h3-5,10H,6-9,11-12H2,1-2H3,(H,15,18). The summed E-state index contributed by atoms with van der Waals surface area (Å²) in [7, 11) is 0. The Labute approximate surface area is 109 Å². The molecular weight excluding hydrogens is 226 g/mol. The summed E-state index contributed by atoms with van der Waals surface area (Å²) in [5.41, 5.74) is -0.184. The highest BCUT2D eigenvalue weighted by Crippen LogP contribution is 2.13. The molecule has 2 aliphatic rings. The fraction of sp³-hybridized carbons (Fsp3) is 0.643. The number of carbonyl (C=O) groups excluding carboxylic acids is 1. The quantitative estimate of drug-likeness (QED) is 0.830. The molecule has 2 aliphatic heterocycles. The molecule has 0 saturated carbocycles. The van der Waals surface area contributed by atoms with Gasteiger partial charge < -0.3 is 10.2 Å². The lowest BCUT2D eigenvalue weighted by Crippen LogP contribution is -2.54. The molecule has 4 heteroatoms. The molecule has 0 aromatic carbocycles. The van der Waals surface area contributed by atoms with Crippen LogP contribution in [0.5, 0.6) is 0 Å². The topological polar surface area (TPSA) is 35.6 Å². The third-order valence-corrected chi connectivity index (χ3v) is 3.34. The van der Waals surface area contributed by atoms with Gasteiger partial charge in [-0.1, -0.05) is 12.2 Å². The van der Waals surface area contributed by atoms with Gasteiger partial charge in [0.15, 0.2) is 0 Å². The van der Waals surface area contributed by atoms with Crippen molar-refractivity contribution in [1.82, 2.24) is 15.1 Å². The maximum Gasteiger partial charge on any atom is 0.322 e. The highest BCUT2D eigenvalue weighted by molar-refractivity contribution is 5.76. The van der Waals surface area contributed by atoms with E-state index in [9.17, 15) is 4.79 Å². The minimum absolute atomic E-state index is 0.0141. The minimum Gasteiger partial charge on any atom is -0.332 e. The van der Waals surface area contributed by atoms with E-state index < -0.39 is 0 Å². The first-order valence-electron chi connectivity index (χ1n) is 6.71. The van der Waals surface area contributed by atoms with E-state index in [-0.39, 0.29) is 11.6 Å². The van der Waals surface area contributed by atoms with Crippen LogP contribution in [0.25, 0.3) is 0 Å². The Morgan fingerprint density at radius 2 is 2.00 bits per heavy atom. The predicted octanol–water partition coefficient (Wildman–Crippen LogP) is 1.96. The average molecular weight is 249 g/mol. The SMILES string of the molecule is CC(C)(CN1CCCC1)NC(=O)N1C=CC=CC1. The molecule has 0 aromatic rings. The van der Waals surface area contributed by atoms with Crippen LogP contribution >= 0.6 is 0 Å². The first kappa shape index (κ1) is 13.1. The van der Waals surface area contributed by atoms with Gasteiger partial charge in [-0.25, -0.2) is 4.79 Å². The van der Waals surface area contributed by atoms with Crippen molar-refractivity contribution in [3.8, 4) is 0 Å². The molecule has 1 saturated heterocycles. The predicted molar refractivity (Wildman–Crippen MR) is 73.3 cm³/mol. The van der Waals surface area contributed by atoms with Crippen molar-refractivity contribution in [2.45, 2.75) is 32.2 Å². The van der Waals surface area contributed by atoms with Crippen molar-refractivity contribution >= 4 is 6.03 Å². The summed E-state index contributed by atoms with van der Waals surface area (Å²) < 4.78 is 0. The van der Waals surface area contributed by atoms with Crippen LogP contribution in [0, 0.1) is 0 Å². The Hall–Kier alpha value is -1.29. The van der Waals surface area contributed by atoms with Crippen molar-refractivity contribution in [1.29, 1.82) is 0 Å². The Kier molecular flexibility index (Phi) is 4.07. The third-order valence-electron chi connectivity index (χ3n) is 3.34. The number of likely N-dealkylation sites (tertiary alicyclic amines) is 1. The number of amides is 2. The molecule has 1 fully saturated rings. The maximum absolute atomic E-state index is 12.1. The second-order valence-corrected chi connectivity index (χ2v) is 5.72. The summed E-state index contributed by atoms with van der Waals surface area (Å²) in [6.45, 7) is 8.07. The molecule has 100 valence electrons. The Morgan fingerprint density at radius 3 is 2.61 bits per heavy atom. The van der Waals surface area contributed by atoms with Gasteiger partial charge >= 0.3 is 6.03 Å². The number of nitrogens with zero attached hydrogens (tertiary/aromatic N) is 2. The normalized spacial score (nSPS) is 20.4. The van der Waals surface area contributed by atoms with E-state index >= 15 is 0 Å². The van der Waals surface area contributed by atoms with E-state index in [0.717, 1.165) is 19.6 Å². The van der Waals surface area contributed by atoms with Gasteiger partial charge in [0.05, 0.1) is 0 Å². The number of hydrogen-bond acceptors (Lipinski definition) is 2. The van der Waals surface area contributed by atoms with Gasteiger partial charge in [-0.15, -0.1) is 0 Å². The number of allylic oxidation sites excluding steroid dienone is 2. The number of carbonyl (C=O) groups is 1. The van der Waals surface area contributed by atoms with Crippen molar-refractivity contribution in [3.05, 3.63) is 24.4 Å². The molecule has 0 bridgehead atoms. The molecule has 2 heterocycles. The fourth-order valence-corrected chi connectivity index (χ4v) is 2.52. The van der Waals surface area contributed by atoms with Gasteiger partial charge in [0, 0.05) is 24.8 Å². The largest absolute Gasteiger partial charge is 0.332 e. The molecule has 1 N–H and O–H groups in total. The smallest absolute Gasteiger partial charge is 0.322 e. The first-order valence-corrected chi connectivity index (χ1v) is 6.71. The summed E-state index contributed by atoms with van der Waals surface area (Å²) in [6.07, 6.45) is 10.2. The summed E-state index contributed by atoms with van der Waals surface area (Å²) in [4.78, 5) is 16.2. The second-order valence-electron chi connectivity index (χ2n) is 5.72. The van der Waals surface area contributed by atoms with Gasteiger partial charge in [-0.2, -0.15) is 0 Å². The molecule has 0 spiro atoms. The van der Waals surface area contributed by atoms with E-state index in [0.29, 0.717) is 6.54 Å². The third kappa shape index (κ3) is 3.60. The van der Waals surface area contributed by atoms with Crippen molar-refractivity contribution in [2.75, 3.05) is 26.2 Å². The molecule has 0 atom stereocenters. The average Bonchev–Trinajstić information content (AvgIpc) is 2.81. The lowest BCUT2D eigenvalue weighted by Gasteiger charge is -2.33. The van der Waals surface area contributed by atoms with Crippen molar-refractivity contribution < 1.29 is 4.79 Å². The van der Waals surface area contributed by atoms with Gasteiger partial charge in [0.2, 0.25) is 0 Å². The van der Waals surface area contributed by atoms with Crippen LogP contribution in [0.15, 0.2) is 24.4 Å². The van der Waals surface area contributed by atoms with Gasteiger partial charge in [-0.3, -0.25) is 4.90 Å². The van der Waals surface area contributed by atoms with E-state index in [2.05, 4.69) is 24.1 Å². The molecule has 0 aromatic heterocycles. The van der Waals surface area contributed by atoms with Crippen LogP contribution in [0.3, 0.4) is 0 Å². The lowest BCUT2D eigenvalue weighted by atomic mass is 10.1. The number of urea groups is 1. The van der Waals surface area contributed by atoms with E-state index in [1.54, 1.807) is 4.90 Å². The van der Waals surface area contributed by atoms with Crippen molar-refractivity contribution in [2.24, 2.45) is 0 Å². The highest BCUT2D eigenvalue weighted by Gasteiger charge is 2.26. The molecule has 18 heavy (non-hydrogen) atoms. The molecule has 2 amide bonds. The Morgan fingerprint density at radius 1 is 1.28 bits per heavy atom.